The van der Waals surface area contributed by atoms with Gasteiger partial charge in [-0.2, -0.15) is 15.0 Å². The van der Waals surface area contributed by atoms with Crippen molar-refractivity contribution in [2.75, 3.05) is 19.0 Å². The van der Waals surface area contributed by atoms with Crippen LogP contribution >= 0.6 is 0 Å². The predicted molar refractivity (Wildman–Crippen MR) is 66.2 cm³/mol. The van der Waals surface area contributed by atoms with Gasteiger partial charge < -0.3 is 10.1 Å². The van der Waals surface area contributed by atoms with E-state index in [-0.39, 0.29) is 0 Å². The van der Waals surface area contributed by atoms with E-state index in [4.69, 9.17) is 4.74 Å². The molecule has 0 amide bonds. The first-order valence-electron chi connectivity index (χ1n) is 6.28. The van der Waals surface area contributed by atoms with Gasteiger partial charge in [0.2, 0.25) is 5.95 Å². The third-order valence-electron chi connectivity index (χ3n) is 3.18. The number of rotatable bonds is 4. The highest BCUT2D eigenvalue weighted by Crippen LogP contribution is 2.23. The molecule has 0 aromatic carbocycles. The van der Waals surface area contributed by atoms with Gasteiger partial charge in [-0.25, -0.2) is 0 Å². The maximum absolute atomic E-state index is 5.03. The second-order valence-electron chi connectivity index (χ2n) is 4.58. The summed E-state index contributed by atoms with van der Waals surface area (Å²) in [4.78, 5) is 12.5. The Morgan fingerprint density at radius 2 is 1.94 bits per heavy atom. The van der Waals surface area contributed by atoms with Crippen LogP contribution in [0.4, 0.5) is 5.95 Å². The van der Waals surface area contributed by atoms with Gasteiger partial charge in [0, 0.05) is 6.54 Å². The van der Waals surface area contributed by atoms with E-state index in [1.807, 2.05) is 6.92 Å². The zero-order valence-electron chi connectivity index (χ0n) is 10.6. The van der Waals surface area contributed by atoms with Gasteiger partial charge in [-0.15, -0.1) is 0 Å². The third-order valence-corrected chi connectivity index (χ3v) is 3.18. The molecule has 1 saturated carbocycles. The van der Waals surface area contributed by atoms with Crippen LogP contribution in [-0.4, -0.2) is 28.6 Å². The monoisotopic (exact) mass is 236 g/mol. The molecule has 0 spiro atoms. The van der Waals surface area contributed by atoms with Crippen LogP contribution in [-0.2, 0) is 0 Å². The molecule has 0 atom stereocenters. The average molecular weight is 236 g/mol. The molecular weight excluding hydrogens is 216 g/mol. The Bertz CT molecular complexity index is 364. The summed E-state index contributed by atoms with van der Waals surface area (Å²) in [6.45, 7) is 2.79. The van der Waals surface area contributed by atoms with Crippen LogP contribution in [0.3, 0.4) is 0 Å². The largest absolute Gasteiger partial charge is 0.467 e. The fraction of sp³-hybridized carbons (Fsp3) is 0.750. The Morgan fingerprint density at radius 1 is 1.18 bits per heavy atom. The summed E-state index contributed by atoms with van der Waals surface area (Å²) in [7, 11) is 1.57. The highest BCUT2D eigenvalue weighted by atomic mass is 16.5. The van der Waals surface area contributed by atoms with Crippen molar-refractivity contribution >= 4 is 5.95 Å². The minimum Gasteiger partial charge on any atom is -0.467 e. The number of nitrogens with zero attached hydrogens (tertiary/aromatic N) is 3. The fourth-order valence-corrected chi connectivity index (χ4v) is 2.25. The molecule has 1 aromatic heterocycles. The number of ether oxygens (including phenoxy) is 1. The summed E-state index contributed by atoms with van der Waals surface area (Å²) in [6, 6.07) is 0.378. The van der Waals surface area contributed by atoms with E-state index in [2.05, 4.69) is 20.3 Å². The highest BCUT2D eigenvalue weighted by Gasteiger charge is 2.13. The van der Waals surface area contributed by atoms with Crippen molar-refractivity contribution in [3.05, 3.63) is 5.82 Å². The van der Waals surface area contributed by atoms with E-state index in [9.17, 15) is 0 Å². The molecule has 1 aliphatic carbocycles. The Balaban J connectivity index is 1.91. The summed E-state index contributed by atoms with van der Waals surface area (Å²) >= 11 is 0. The SMILES string of the molecule is COc1nc(C)nc(NCC2CCCCC2)n1. The average Bonchev–Trinajstić information content (AvgIpc) is 2.37. The van der Waals surface area contributed by atoms with Gasteiger partial charge in [0.05, 0.1) is 7.11 Å². The van der Waals surface area contributed by atoms with Gasteiger partial charge in [0.1, 0.15) is 5.82 Å². The van der Waals surface area contributed by atoms with Crippen LogP contribution in [0.5, 0.6) is 6.01 Å². The smallest absolute Gasteiger partial charge is 0.321 e. The molecule has 5 nitrogen and oxygen atoms in total. The molecule has 0 aliphatic heterocycles. The van der Waals surface area contributed by atoms with Crippen molar-refractivity contribution in [1.82, 2.24) is 15.0 Å². The number of hydrogen-bond donors (Lipinski definition) is 1. The summed E-state index contributed by atoms with van der Waals surface area (Å²) in [6.07, 6.45) is 6.72. The van der Waals surface area contributed by atoms with E-state index in [0.29, 0.717) is 17.8 Å². The van der Waals surface area contributed by atoms with Crippen molar-refractivity contribution in [1.29, 1.82) is 0 Å². The second-order valence-corrected chi connectivity index (χ2v) is 4.58. The molecule has 1 aromatic rings. The lowest BCUT2D eigenvalue weighted by atomic mass is 9.89. The zero-order valence-corrected chi connectivity index (χ0v) is 10.6. The molecule has 0 unspecified atom stereocenters. The molecule has 94 valence electrons. The number of aromatic nitrogens is 3. The van der Waals surface area contributed by atoms with Crippen LogP contribution < -0.4 is 10.1 Å². The maximum Gasteiger partial charge on any atom is 0.321 e. The molecule has 1 fully saturated rings. The molecule has 1 N–H and O–H groups in total. The molecule has 17 heavy (non-hydrogen) atoms. The molecule has 1 heterocycles. The van der Waals surface area contributed by atoms with E-state index < -0.39 is 0 Å². The highest BCUT2D eigenvalue weighted by molar-refractivity contribution is 5.25. The third kappa shape index (κ3) is 3.54. The first-order chi connectivity index (χ1) is 8.28. The Labute approximate surface area is 102 Å². The lowest BCUT2D eigenvalue weighted by Crippen LogP contribution is -2.18. The molecule has 1 aliphatic rings. The maximum atomic E-state index is 5.03. The van der Waals surface area contributed by atoms with Crippen LogP contribution in [0.1, 0.15) is 37.9 Å². The molecule has 0 saturated heterocycles. The van der Waals surface area contributed by atoms with Crippen LogP contribution in [0.25, 0.3) is 0 Å². The van der Waals surface area contributed by atoms with Crippen LogP contribution in [0, 0.1) is 12.8 Å². The number of nitrogens with one attached hydrogen (secondary N) is 1. The summed E-state index contributed by atoms with van der Waals surface area (Å²) in [5.41, 5.74) is 0. The van der Waals surface area contributed by atoms with Gasteiger partial charge in [-0.1, -0.05) is 19.3 Å². The van der Waals surface area contributed by atoms with Gasteiger partial charge in [0.15, 0.2) is 0 Å². The van der Waals surface area contributed by atoms with Crippen molar-refractivity contribution in [3.63, 3.8) is 0 Å². The number of anilines is 1. The minimum absolute atomic E-state index is 0.378. The van der Waals surface area contributed by atoms with Crippen LogP contribution in [0.2, 0.25) is 0 Å². The summed E-state index contributed by atoms with van der Waals surface area (Å²) < 4.78 is 5.03. The molecule has 2 rings (SSSR count). The Morgan fingerprint density at radius 3 is 2.65 bits per heavy atom. The first kappa shape index (κ1) is 12.1. The fourth-order valence-electron chi connectivity index (χ4n) is 2.25. The summed E-state index contributed by atoms with van der Waals surface area (Å²) in [5.74, 6) is 2.06. The second kappa shape index (κ2) is 5.80. The van der Waals surface area contributed by atoms with E-state index in [0.717, 1.165) is 12.5 Å². The molecule has 5 heteroatoms. The number of methoxy groups -OCH3 is 1. The van der Waals surface area contributed by atoms with Crippen molar-refractivity contribution in [2.24, 2.45) is 5.92 Å². The molecule has 0 radical (unpaired) electrons. The summed E-state index contributed by atoms with van der Waals surface area (Å²) in [5, 5.41) is 3.29. The van der Waals surface area contributed by atoms with E-state index in [1.165, 1.54) is 32.1 Å². The van der Waals surface area contributed by atoms with Crippen molar-refractivity contribution in [2.45, 2.75) is 39.0 Å². The van der Waals surface area contributed by atoms with Crippen LogP contribution in [0.15, 0.2) is 0 Å². The Kier molecular flexibility index (Phi) is 4.12. The van der Waals surface area contributed by atoms with Crippen molar-refractivity contribution < 1.29 is 4.74 Å². The predicted octanol–water partition coefficient (Wildman–Crippen LogP) is 2.18. The van der Waals surface area contributed by atoms with E-state index >= 15 is 0 Å². The topological polar surface area (TPSA) is 59.9 Å². The molecular formula is C12H20N4O. The quantitative estimate of drug-likeness (QED) is 0.868. The standard InChI is InChI=1S/C12H20N4O/c1-9-14-11(16-12(15-9)17-2)13-8-10-6-4-3-5-7-10/h10H,3-8H2,1-2H3,(H,13,14,15,16). The Hall–Kier alpha value is -1.39. The van der Waals surface area contributed by atoms with E-state index in [1.54, 1.807) is 7.11 Å². The molecule has 0 bridgehead atoms. The number of hydrogen-bond acceptors (Lipinski definition) is 5. The number of aryl methyl sites for hydroxylation is 1. The lowest BCUT2D eigenvalue weighted by molar-refractivity contribution is 0.369. The van der Waals surface area contributed by atoms with Gasteiger partial charge in [-0.05, 0) is 25.7 Å². The van der Waals surface area contributed by atoms with Gasteiger partial charge in [-0.3, -0.25) is 0 Å². The minimum atomic E-state index is 0.378. The lowest BCUT2D eigenvalue weighted by Gasteiger charge is -2.21. The van der Waals surface area contributed by atoms with Crippen molar-refractivity contribution in [3.8, 4) is 6.01 Å². The first-order valence-corrected chi connectivity index (χ1v) is 6.28. The zero-order chi connectivity index (χ0) is 12.1. The van der Waals surface area contributed by atoms with Gasteiger partial charge in [0.25, 0.3) is 0 Å². The van der Waals surface area contributed by atoms with Gasteiger partial charge >= 0.3 is 6.01 Å². The normalized spacial score (nSPS) is 16.8.